The molecule has 0 spiro atoms. The van der Waals surface area contributed by atoms with Gasteiger partial charge in [-0.15, -0.1) is 21.8 Å². The lowest BCUT2D eigenvalue weighted by Gasteiger charge is -2.07. The predicted octanol–water partition coefficient (Wildman–Crippen LogP) is 3.05. The van der Waals surface area contributed by atoms with Crippen molar-refractivity contribution in [2.24, 2.45) is 0 Å². The van der Waals surface area contributed by atoms with E-state index in [-0.39, 0.29) is 6.61 Å². The first-order valence-corrected chi connectivity index (χ1v) is 6.30. The summed E-state index contributed by atoms with van der Waals surface area (Å²) in [5, 5.41) is 7.77. The van der Waals surface area contributed by atoms with E-state index >= 15 is 0 Å². The molecule has 1 heterocycles. The third kappa shape index (κ3) is 3.23. The van der Waals surface area contributed by atoms with Crippen LogP contribution in [-0.4, -0.2) is 16.1 Å². The van der Waals surface area contributed by atoms with Gasteiger partial charge >= 0.3 is 0 Å². The molecular weight excluding hydrogens is 252 g/mol. The summed E-state index contributed by atoms with van der Waals surface area (Å²) in [6.45, 7) is 4.33. The van der Waals surface area contributed by atoms with Crippen molar-refractivity contribution < 1.29 is 9.15 Å². The van der Waals surface area contributed by atoms with Crippen molar-refractivity contribution >= 4 is 11.6 Å². The monoisotopic (exact) mass is 266 g/mol. The molecule has 1 aromatic heterocycles. The minimum atomic E-state index is 0.277. The van der Waals surface area contributed by atoms with E-state index in [0.29, 0.717) is 24.1 Å². The third-order valence-electron chi connectivity index (χ3n) is 2.50. The van der Waals surface area contributed by atoms with Crippen LogP contribution in [0.4, 0.5) is 0 Å². The van der Waals surface area contributed by atoms with Gasteiger partial charge in [-0.3, -0.25) is 0 Å². The lowest BCUT2D eigenvalue weighted by molar-refractivity contribution is 0.258. The summed E-state index contributed by atoms with van der Waals surface area (Å²) < 4.78 is 11.0. The highest BCUT2D eigenvalue weighted by Crippen LogP contribution is 2.19. The summed E-state index contributed by atoms with van der Waals surface area (Å²) in [7, 11) is 0. The molecule has 18 heavy (non-hydrogen) atoms. The molecule has 0 aliphatic heterocycles. The molecule has 0 aliphatic rings. The summed E-state index contributed by atoms with van der Waals surface area (Å²) in [5.74, 6) is 2.32. The number of ether oxygens (including phenoxy) is 1. The summed E-state index contributed by atoms with van der Waals surface area (Å²) in [5.41, 5.74) is 2.30. The zero-order valence-electron chi connectivity index (χ0n) is 10.4. The standard InChI is InChI=1S/C13H15ClN2O2/c1-9-3-4-11(10(2)7-9)17-8-13-16-15-12(18-13)5-6-14/h3-4,7H,5-6,8H2,1-2H3. The van der Waals surface area contributed by atoms with Crippen LogP contribution in [0.5, 0.6) is 5.75 Å². The number of hydrogen-bond acceptors (Lipinski definition) is 4. The van der Waals surface area contributed by atoms with Gasteiger partial charge in [0.1, 0.15) is 5.75 Å². The van der Waals surface area contributed by atoms with Crippen molar-refractivity contribution in [1.82, 2.24) is 10.2 Å². The van der Waals surface area contributed by atoms with Crippen molar-refractivity contribution in [2.75, 3.05) is 5.88 Å². The smallest absolute Gasteiger partial charge is 0.253 e. The van der Waals surface area contributed by atoms with E-state index in [4.69, 9.17) is 20.8 Å². The molecule has 2 aromatic rings. The van der Waals surface area contributed by atoms with Crippen LogP contribution in [0.1, 0.15) is 22.9 Å². The van der Waals surface area contributed by atoms with Gasteiger partial charge in [0.05, 0.1) is 0 Å². The van der Waals surface area contributed by atoms with Crippen LogP contribution in [0.3, 0.4) is 0 Å². The Kier molecular flexibility index (Phi) is 4.20. The van der Waals surface area contributed by atoms with Gasteiger partial charge in [0.25, 0.3) is 5.89 Å². The molecule has 4 nitrogen and oxygen atoms in total. The average molecular weight is 267 g/mol. The molecule has 96 valence electrons. The fourth-order valence-electron chi connectivity index (χ4n) is 1.63. The summed E-state index contributed by atoms with van der Waals surface area (Å²) in [6, 6.07) is 6.03. The van der Waals surface area contributed by atoms with Gasteiger partial charge in [-0.05, 0) is 25.5 Å². The number of nitrogens with zero attached hydrogens (tertiary/aromatic N) is 2. The first-order valence-electron chi connectivity index (χ1n) is 5.76. The molecule has 0 aliphatic carbocycles. The Morgan fingerprint density at radius 3 is 2.72 bits per heavy atom. The Hall–Kier alpha value is -1.55. The second-order valence-electron chi connectivity index (χ2n) is 4.09. The molecule has 2 rings (SSSR count). The van der Waals surface area contributed by atoms with Crippen LogP contribution in [0.15, 0.2) is 22.6 Å². The van der Waals surface area contributed by atoms with Crippen LogP contribution in [0, 0.1) is 13.8 Å². The van der Waals surface area contributed by atoms with Crippen LogP contribution in [0.25, 0.3) is 0 Å². The number of benzene rings is 1. The largest absolute Gasteiger partial charge is 0.484 e. The van der Waals surface area contributed by atoms with E-state index in [2.05, 4.69) is 16.3 Å². The molecule has 0 N–H and O–H groups in total. The lowest BCUT2D eigenvalue weighted by Crippen LogP contribution is -1.97. The van der Waals surface area contributed by atoms with Crippen molar-refractivity contribution in [3.63, 3.8) is 0 Å². The Balaban J connectivity index is 1.97. The van der Waals surface area contributed by atoms with Gasteiger partial charge in [-0.2, -0.15) is 0 Å². The highest BCUT2D eigenvalue weighted by Gasteiger charge is 2.07. The molecule has 0 radical (unpaired) electrons. The van der Waals surface area contributed by atoms with E-state index in [9.17, 15) is 0 Å². The molecule has 5 heteroatoms. The van der Waals surface area contributed by atoms with Gasteiger partial charge in [0, 0.05) is 12.3 Å². The Bertz CT molecular complexity index is 525. The zero-order chi connectivity index (χ0) is 13.0. The van der Waals surface area contributed by atoms with Gasteiger partial charge in [-0.25, -0.2) is 0 Å². The highest BCUT2D eigenvalue weighted by atomic mass is 35.5. The number of halogens is 1. The first-order chi connectivity index (χ1) is 8.69. The Morgan fingerprint density at radius 1 is 1.22 bits per heavy atom. The molecule has 0 fully saturated rings. The minimum absolute atomic E-state index is 0.277. The van der Waals surface area contributed by atoms with Crippen molar-refractivity contribution in [1.29, 1.82) is 0 Å². The van der Waals surface area contributed by atoms with Gasteiger partial charge in [0.2, 0.25) is 5.89 Å². The van der Waals surface area contributed by atoms with Crippen LogP contribution < -0.4 is 4.74 Å². The molecular formula is C13H15ClN2O2. The maximum atomic E-state index is 5.64. The summed E-state index contributed by atoms with van der Waals surface area (Å²) in [4.78, 5) is 0. The van der Waals surface area contributed by atoms with E-state index in [1.807, 2.05) is 26.0 Å². The Labute approximate surface area is 111 Å². The second-order valence-corrected chi connectivity index (χ2v) is 4.46. The quantitative estimate of drug-likeness (QED) is 0.781. The number of hydrogen-bond donors (Lipinski definition) is 0. The summed E-state index contributed by atoms with van der Waals surface area (Å²) in [6.07, 6.45) is 0.581. The number of alkyl halides is 1. The fourth-order valence-corrected chi connectivity index (χ4v) is 1.79. The van der Waals surface area contributed by atoms with Gasteiger partial charge in [0.15, 0.2) is 6.61 Å². The summed E-state index contributed by atoms with van der Waals surface area (Å²) >= 11 is 5.59. The van der Waals surface area contributed by atoms with E-state index < -0.39 is 0 Å². The SMILES string of the molecule is Cc1ccc(OCc2nnc(CCCl)o2)c(C)c1. The molecule has 0 atom stereocenters. The van der Waals surface area contributed by atoms with E-state index in [0.717, 1.165) is 11.3 Å². The maximum Gasteiger partial charge on any atom is 0.253 e. The predicted molar refractivity (Wildman–Crippen MR) is 69.0 cm³/mol. The molecule has 0 saturated heterocycles. The molecule has 0 amide bonds. The number of aromatic nitrogens is 2. The first kappa shape index (κ1) is 12.9. The molecule has 0 unspecified atom stereocenters. The zero-order valence-corrected chi connectivity index (χ0v) is 11.2. The molecule has 1 aromatic carbocycles. The van der Waals surface area contributed by atoms with Crippen molar-refractivity contribution in [3.8, 4) is 5.75 Å². The molecule has 0 saturated carbocycles. The average Bonchev–Trinajstić information content (AvgIpc) is 2.76. The van der Waals surface area contributed by atoms with Gasteiger partial charge < -0.3 is 9.15 Å². The molecule has 0 bridgehead atoms. The topological polar surface area (TPSA) is 48.2 Å². The van der Waals surface area contributed by atoms with Crippen LogP contribution in [-0.2, 0) is 13.0 Å². The highest BCUT2D eigenvalue weighted by molar-refractivity contribution is 6.17. The lowest BCUT2D eigenvalue weighted by atomic mass is 10.1. The minimum Gasteiger partial charge on any atom is -0.484 e. The number of rotatable bonds is 5. The van der Waals surface area contributed by atoms with Crippen molar-refractivity contribution in [3.05, 3.63) is 41.1 Å². The van der Waals surface area contributed by atoms with Gasteiger partial charge in [-0.1, -0.05) is 17.7 Å². The second kappa shape index (κ2) is 5.87. The van der Waals surface area contributed by atoms with E-state index in [1.54, 1.807) is 0 Å². The van der Waals surface area contributed by atoms with Crippen LogP contribution in [0.2, 0.25) is 0 Å². The maximum absolute atomic E-state index is 5.64. The van der Waals surface area contributed by atoms with Crippen molar-refractivity contribution in [2.45, 2.75) is 26.9 Å². The van der Waals surface area contributed by atoms with E-state index in [1.165, 1.54) is 5.56 Å². The third-order valence-corrected chi connectivity index (χ3v) is 2.69. The normalized spacial score (nSPS) is 10.6. The Morgan fingerprint density at radius 2 is 2.00 bits per heavy atom. The fraction of sp³-hybridized carbons (Fsp3) is 0.385. The van der Waals surface area contributed by atoms with Crippen LogP contribution >= 0.6 is 11.6 Å². The number of aryl methyl sites for hydroxylation is 3.